The minimum atomic E-state index is -1.21. The summed E-state index contributed by atoms with van der Waals surface area (Å²) in [4.78, 5) is 45.8. The van der Waals surface area contributed by atoms with Crippen LogP contribution >= 0.6 is 11.6 Å². The summed E-state index contributed by atoms with van der Waals surface area (Å²) in [6.45, 7) is 0. The molecule has 1 unspecified atom stereocenters. The molecule has 1 aliphatic rings. The Hall–Kier alpha value is -3.51. The quantitative estimate of drug-likeness (QED) is 0.502. The number of methoxy groups -OCH3 is 1. The molecule has 1 atom stereocenters. The van der Waals surface area contributed by atoms with Gasteiger partial charge in [0, 0.05) is 34.8 Å². The second-order valence-corrected chi connectivity index (χ2v) is 7.41. The fourth-order valence-corrected chi connectivity index (χ4v) is 3.65. The maximum atomic E-state index is 13.5. The van der Waals surface area contributed by atoms with Crippen LogP contribution in [0.25, 0.3) is 10.9 Å². The fourth-order valence-electron chi connectivity index (χ4n) is 3.52. The fraction of sp³-hybridized carbons (Fsp3) is 0.130. The molecule has 0 fully saturated rings. The van der Waals surface area contributed by atoms with Crippen molar-refractivity contribution in [1.29, 1.82) is 0 Å². The van der Waals surface area contributed by atoms with Crippen LogP contribution in [0.2, 0.25) is 5.02 Å². The lowest BCUT2D eigenvalue weighted by molar-refractivity contribution is 0.0601. The zero-order valence-corrected chi connectivity index (χ0v) is 16.8. The van der Waals surface area contributed by atoms with Gasteiger partial charge in [0.25, 0.3) is 0 Å². The molecule has 2 heterocycles. The Labute approximate surface area is 176 Å². The van der Waals surface area contributed by atoms with Gasteiger partial charge in [0.05, 0.1) is 18.2 Å². The van der Waals surface area contributed by atoms with Crippen LogP contribution in [0.1, 0.15) is 26.3 Å². The van der Waals surface area contributed by atoms with Crippen LogP contribution in [0.5, 0.6) is 0 Å². The van der Waals surface area contributed by atoms with E-state index < -0.39 is 22.7 Å². The van der Waals surface area contributed by atoms with Crippen molar-refractivity contribution >= 4 is 40.5 Å². The summed E-state index contributed by atoms with van der Waals surface area (Å²) in [5.41, 5.74) is -0.0976. The highest BCUT2D eigenvalue weighted by Crippen LogP contribution is 2.28. The number of ketones is 1. The van der Waals surface area contributed by atoms with Crippen molar-refractivity contribution in [3.63, 3.8) is 0 Å². The summed E-state index contributed by atoms with van der Waals surface area (Å²) in [7, 11) is 1.27. The van der Waals surface area contributed by atoms with Crippen LogP contribution in [0.4, 0.5) is 0 Å². The van der Waals surface area contributed by atoms with Crippen LogP contribution in [0.15, 0.2) is 70.6 Å². The number of pyridine rings is 1. The highest BCUT2D eigenvalue weighted by Gasteiger charge is 2.39. The number of carbonyl (C=O) groups excluding carboxylic acids is 2. The number of nitrogens with zero attached hydrogens (tertiary/aromatic N) is 1. The molecule has 1 aliphatic heterocycles. The molecule has 0 saturated heterocycles. The third-order valence-corrected chi connectivity index (χ3v) is 5.34. The average molecular weight is 421 g/mol. The lowest BCUT2D eigenvalue weighted by Crippen LogP contribution is -2.38. The van der Waals surface area contributed by atoms with Gasteiger partial charge in [-0.3, -0.25) is 14.6 Å². The van der Waals surface area contributed by atoms with E-state index in [0.29, 0.717) is 10.5 Å². The first kappa shape index (κ1) is 19.8. The van der Waals surface area contributed by atoms with Gasteiger partial charge in [-0.05, 0) is 48.0 Å². The Morgan fingerprint density at radius 1 is 1.17 bits per heavy atom. The molecule has 0 saturated carbocycles. The van der Waals surface area contributed by atoms with Crippen LogP contribution in [0, 0.1) is 0 Å². The maximum Gasteiger partial charge on any atom is 0.337 e. The monoisotopic (exact) mass is 420 g/mol. The molecule has 1 aromatic heterocycles. The first-order valence-corrected chi connectivity index (χ1v) is 9.57. The number of rotatable bonds is 5. The highest BCUT2D eigenvalue weighted by atomic mass is 35.5. The smallest absolute Gasteiger partial charge is 0.337 e. The Balaban J connectivity index is 1.78. The van der Waals surface area contributed by atoms with Gasteiger partial charge < -0.3 is 9.72 Å². The van der Waals surface area contributed by atoms with E-state index in [1.54, 1.807) is 42.6 Å². The van der Waals surface area contributed by atoms with E-state index in [1.807, 2.05) is 12.1 Å². The molecule has 0 amide bonds. The number of halogens is 1. The molecule has 150 valence electrons. The third kappa shape index (κ3) is 3.46. The van der Waals surface area contributed by atoms with E-state index in [9.17, 15) is 14.4 Å². The number of ether oxygens (including phenoxy) is 1. The first-order chi connectivity index (χ1) is 14.4. The Bertz CT molecular complexity index is 1260. The van der Waals surface area contributed by atoms with Gasteiger partial charge in [0.1, 0.15) is 5.54 Å². The van der Waals surface area contributed by atoms with E-state index in [2.05, 4.69) is 9.98 Å². The first-order valence-electron chi connectivity index (χ1n) is 9.19. The summed E-state index contributed by atoms with van der Waals surface area (Å²) in [6.07, 6.45) is 6.63. The highest BCUT2D eigenvalue weighted by molar-refractivity contribution is 6.30. The van der Waals surface area contributed by atoms with Gasteiger partial charge in [0.15, 0.2) is 11.2 Å². The van der Waals surface area contributed by atoms with Crippen molar-refractivity contribution in [3.8, 4) is 0 Å². The van der Waals surface area contributed by atoms with E-state index >= 15 is 0 Å². The van der Waals surface area contributed by atoms with E-state index in [1.165, 1.54) is 19.4 Å². The minimum Gasteiger partial charge on any atom is -0.465 e. The van der Waals surface area contributed by atoms with Crippen molar-refractivity contribution in [1.82, 2.24) is 4.98 Å². The molecular formula is C23H17ClN2O4. The van der Waals surface area contributed by atoms with Gasteiger partial charge in [-0.25, -0.2) is 4.79 Å². The number of fused-ring (bicyclic) bond motifs is 1. The Morgan fingerprint density at radius 2 is 1.93 bits per heavy atom. The van der Waals surface area contributed by atoms with Crippen molar-refractivity contribution in [3.05, 3.63) is 92.7 Å². The Kier molecular flexibility index (Phi) is 5.10. The van der Waals surface area contributed by atoms with Crippen LogP contribution < -0.4 is 5.43 Å². The third-order valence-electron chi connectivity index (χ3n) is 5.09. The molecule has 4 rings (SSSR count). The topological polar surface area (TPSA) is 88.6 Å². The number of aliphatic imine (C=N–C) groups is 1. The van der Waals surface area contributed by atoms with Crippen molar-refractivity contribution in [2.75, 3.05) is 7.11 Å². The summed E-state index contributed by atoms with van der Waals surface area (Å²) in [5, 5.41) is 0.827. The zero-order valence-electron chi connectivity index (χ0n) is 16.0. The lowest BCUT2D eigenvalue weighted by Gasteiger charge is -2.23. The lowest BCUT2D eigenvalue weighted by atomic mass is 9.84. The van der Waals surface area contributed by atoms with Crippen LogP contribution in [0.3, 0.4) is 0 Å². The molecule has 30 heavy (non-hydrogen) atoms. The normalized spacial score (nSPS) is 17.4. The molecule has 0 spiro atoms. The van der Waals surface area contributed by atoms with Gasteiger partial charge in [-0.15, -0.1) is 0 Å². The maximum absolute atomic E-state index is 13.5. The van der Waals surface area contributed by atoms with Crippen LogP contribution in [-0.2, 0) is 11.2 Å². The average Bonchev–Trinajstić information content (AvgIpc) is 3.24. The minimum absolute atomic E-state index is 0.0258. The second-order valence-electron chi connectivity index (χ2n) is 6.98. The number of hydrogen-bond acceptors (Lipinski definition) is 5. The number of esters is 1. The van der Waals surface area contributed by atoms with Crippen molar-refractivity contribution in [2.45, 2.75) is 12.0 Å². The van der Waals surface area contributed by atoms with Gasteiger partial charge in [-0.2, -0.15) is 0 Å². The summed E-state index contributed by atoms with van der Waals surface area (Å²) in [5.74, 6) is -0.982. The molecule has 7 heteroatoms. The van der Waals surface area contributed by atoms with Gasteiger partial charge in [0.2, 0.25) is 0 Å². The molecule has 1 N–H and O–H groups in total. The largest absolute Gasteiger partial charge is 0.465 e. The van der Waals surface area contributed by atoms with Gasteiger partial charge >= 0.3 is 5.97 Å². The number of carbonyl (C=O) groups is 2. The molecule has 6 nitrogen and oxygen atoms in total. The molecular weight excluding hydrogens is 404 g/mol. The number of allylic oxidation sites excluding steroid dienone is 1. The van der Waals surface area contributed by atoms with E-state index in [-0.39, 0.29) is 22.9 Å². The SMILES string of the molecule is COC(=O)c1ccc2[nH]cc(C(=O)C3(Cc4ccc(Cl)cc4)C=CC=N3)c(=O)c2c1. The number of benzene rings is 2. The molecule has 0 radical (unpaired) electrons. The zero-order chi connectivity index (χ0) is 21.3. The summed E-state index contributed by atoms with van der Waals surface area (Å²) >= 11 is 5.95. The van der Waals surface area contributed by atoms with E-state index in [4.69, 9.17) is 16.3 Å². The molecule has 0 aliphatic carbocycles. The summed E-state index contributed by atoms with van der Waals surface area (Å²) < 4.78 is 4.72. The van der Waals surface area contributed by atoms with Crippen LogP contribution in [-0.4, -0.2) is 35.6 Å². The van der Waals surface area contributed by atoms with E-state index in [0.717, 1.165) is 5.56 Å². The molecule has 3 aromatic rings. The van der Waals surface area contributed by atoms with Crippen molar-refractivity contribution in [2.24, 2.45) is 4.99 Å². The number of nitrogens with one attached hydrogen (secondary N) is 1. The number of Topliss-reactive ketones (excluding diaryl/α,β-unsaturated/α-hetero) is 1. The van der Waals surface area contributed by atoms with Gasteiger partial charge in [-0.1, -0.05) is 23.7 Å². The number of H-pyrrole nitrogens is 1. The number of aromatic nitrogens is 1. The van der Waals surface area contributed by atoms with Crippen molar-refractivity contribution < 1.29 is 14.3 Å². The standard InChI is InChI=1S/C23H17ClN2O4/c1-30-22(29)15-5-8-19-17(11-15)20(27)18(13-25-19)21(28)23(9-2-10-26-23)12-14-3-6-16(24)7-4-14/h2-11,13H,12H2,1H3,(H,25,27). The summed E-state index contributed by atoms with van der Waals surface area (Å²) in [6, 6.07) is 11.7. The predicted molar refractivity (Wildman–Crippen MR) is 116 cm³/mol. The number of aromatic amines is 1. The number of hydrogen-bond donors (Lipinski definition) is 1. The molecule has 2 aromatic carbocycles. The predicted octanol–water partition coefficient (Wildman–Crippen LogP) is 3.77. The molecule has 0 bridgehead atoms. The Morgan fingerprint density at radius 3 is 2.60 bits per heavy atom. The second kappa shape index (κ2) is 7.72.